The summed E-state index contributed by atoms with van der Waals surface area (Å²) in [6.45, 7) is 2.20. The van der Waals surface area contributed by atoms with E-state index in [0.29, 0.717) is 6.54 Å². The molecule has 1 aliphatic rings. The second-order valence-electron chi connectivity index (χ2n) is 5.17. The average Bonchev–Trinajstić information content (AvgIpc) is 2.36. The number of methoxy groups -OCH3 is 1. The first-order valence-corrected chi connectivity index (χ1v) is 6.55. The highest BCUT2D eigenvalue weighted by molar-refractivity contribution is 5.85. The highest BCUT2D eigenvalue weighted by Gasteiger charge is 2.39. The van der Waals surface area contributed by atoms with Gasteiger partial charge in [0.05, 0.1) is 0 Å². The van der Waals surface area contributed by atoms with Crippen molar-refractivity contribution < 1.29 is 19.4 Å². The topological polar surface area (TPSA) is 75.6 Å². The molecule has 5 heteroatoms. The Morgan fingerprint density at radius 3 is 2.44 bits per heavy atom. The number of carboxylic acids is 1. The average molecular weight is 257 g/mol. The smallest absolute Gasteiger partial charge is 0.303 e. The minimum absolute atomic E-state index is 0.0658. The first kappa shape index (κ1) is 15.0. The molecule has 0 aromatic rings. The van der Waals surface area contributed by atoms with Crippen LogP contribution in [0, 0.1) is 5.92 Å². The molecule has 5 nitrogen and oxygen atoms in total. The SMILES string of the molecule is COC1(C(=O)NCC(C)CC(=O)O)CCCCC1. The molecule has 1 fully saturated rings. The zero-order chi connectivity index (χ0) is 13.6. The fourth-order valence-electron chi connectivity index (χ4n) is 2.45. The quantitative estimate of drug-likeness (QED) is 0.757. The van der Waals surface area contributed by atoms with Crippen LogP contribution < -0.4 is 5.32 Å². The number of carbonyl (C=O) groups is 2. The molecule has 1 saturated carbocycles. The highest BCUT2D eigenvalue weighted by Crippen LogP contribution is 2.31. The maximum Gasteiger partial charge on any atom is 0.303 e. The number of carboxylic acid groups (broad SMARTS) is 1. The van der Waals surface area contributed by atoms with E-state index in [2.05, 4.69) is 5.32 Å². The molecule has 2 N–H and O–H groups in total. The third-order valence-corrected chi connectivity index (χ3v) is 3.60. The molecule has 18 heavy (non-hydrogen) atoms. The van der Waals surface area contributed by atoms with Crippen LogP contribution in [0.1, 0.15) is 45.4 Å². The lowest BCUT2D eigenvalue weighted by molar-refractivity contribution is -0.148. The van der Waals surface area contributed by atoms with E-state index in [4.69, 9.17) is 9.84 Å². The number of aliphatic carboxylic acids is 1. The van der Waals surface area contributed by atoms with Gasteiger partial charge in [-0.15, -0.1) is 0 Å². The maximum absolute atomic E-state index is 12.2. The lowest BCUT2D eigenvalue weighted by Gasteiger charge is -2.34. The Bertz CT molecular complexity index is 297. The largest absolute Gasteiger partial charge is 0.481 e. The van der Waals surface area contributed by atoms with Crippen molar-refractivity contribution in [3.05, 3.63) is 0 Å². The van der Waals surface area contributed by atoms with Crippen LogP contribution in [-0.2, 0) is 14.3 Å². The number of carbonyl (C=O) groups excluding carboxylic acids is 1. The van der Waals surface area contributed by atoms with Gasteiger partial charge in [0.15, 0.2) is 0 Å². The maximum atomic E-state index is 12.2. The second-order valence-corrected chi connectivity index (χ2v) is 5.17. The lowest BCUT2D eigenvalue weighted by Crippen LogP contribution is -2.50. The zero-order valence-electron chi connectivity index (χ0n) is 11.2. The van der Waals surface area contributed by atoms with E-state index in [1.807, 2.05) is 6.92 Å². The normalized spacial score (nSPS) is 20.1. The Morgan fingerprint density at radius 1 is 1.33 bits per heavy atom. The standard InChI is InChI=1S/C13H23NO4/c1-10(8-11(15)16)9-14-12(17)13(18-2)6-4-3-5-7-13/h10H,3-9H2,1-2H3,(H,14,17)(H,15,16). The van der Waals surface area contributed by atoms with Gasteiger partial charge in [-0.25, -0.2) is 0 Å². The fraction of sp³-hybridized carbons (Fsp3) is 0.846. The molecule has 0 aliphatic heterocycles. The molecule has 1 amide bonds. The van der Waals surface area contributed by atoms with Crippen molar-refractivity contribution in [2.24, 2.45) is 5.92 Å². The van der Waals surface area contributed by atoms with E-state index in [9.17, 15) is 9.59 Å². The summed E-state index contributed by atoms with van der Waals surface area (Å²) < 4.78 is 5.43. The van der Waals surface area contributed by atoms with Gasteiger partial charge in [-0.1, -0.05) is 26.2 Å². The molecular formula is C13H23NO4. The lowest BCUT2D eigenvalue weighted by atomic mass is 9.84. The molecule has 0 bridgehead atoms. The van der Waals surface area contributed by atoms with Crippen LogP contribution in [-0.4, -0.2) is 36.2 Å². The van der Waals surface area contributed by atoms with Gasteiger partial charge in [-0.2, -0.15) is 0 Å². The predicted octanol–water partition coefficient (Wildman–Crippen LogP) is 1.56. The van der Waals surface area contributed by atoms with E-state index in [1.54, 1.807) is 7.11 Å². The monoisotopic (exact) mass is 257 g/mol. The Labute approximate surface area is 108 Å². The van der Waals surface area contributed by atoms with Crippen molar-refractivity contribution >= 4 is 11.9 Å². The minimum atomic E-state index is -0.837. The summed E-state index contributed by atoms with van der Waals surface area (Å²) in [6, 6.07) is 0. The van der Waals surface area contributed by atoms with E-state index < -0.39 is 11.6 Å². The number of rotatable bonds is 6. The fourth-order valence-corrected chi connectivity index (χ4v) is 2.45. The van der Waals surface area contributed by atoms with Crippen molar-refractivity contribution in [2.75, 3.05) is 13.7 Å². The van der Waals surface area contributed by atoms with Gasteiger partial charge in [-0.3, -0.25) is 9.59 Å². The van der Waals surface area contributed by atoms with Crippen LogP contribution >= 0.6 is 0 Å². The summed E-state index contributed by atoms with van der Waals surface area (Å²) in [6.07, 6.45) is 4.73. The van der Waals surface area contributed by atoms with Crippen LogP contribution in [0.3, 0.4) is 0 Å². The van der Waals surface area contributed by atoms with Gasteiger partial charge in [0.25, 0.3) is 5.91 Å². The Hall–Kier alpha value is -1.10. The van der Waals surface area contributed by atoms with E-state index >= 15 is 0 Å². The molecule has 1 aliphatic carbocycles. The minimum Gasteiger partial charge on any atom is -0.481 e. The van der Waals surface area contributed by atoms with Gasteiger partial charge in [0.1, 0.15) is 5.60 Å². The number of nitrogens with one attached hydrogen (secondary N) is 1. The number of hydrogen-bond donors (Lipinski definition) is 2. The molecule has 1 atom stereocenters. The van der Waals surface area contributed by atoms with Crippen LogP contribution in [0.2, 0.25) is 0 Å². The van der Waals surface area contributed by atoms with Gasteiger partial charge < -0.3 is 15.2 Å². The molecule has 1 rings (SSSR count). The molecule has 0 spiro atoms. The summed E-state index contributed by atoms with van der Waals surface area (Å²) in [5.41, 5.74) is -0.693. The summed E-state index contributed by atoms with van der Waals surface area (Å²) in [5, 5.41) is 11.5. The Kier molecular flexibility index (Phi) is 5.59. The first-order chi connectivity index (χ1) is 8.50. The van der Waals surface area contributed by atoms with Gasteiger partial charge >= 0.3 is 5.97 Å². The third-order valence-electron chi connectivity index (χ3n) is 3.60. The van der Waals surface area contributed by atoms with Crippen LogP contribution in [0.15, 0.2) is 0 Å². The van der Waals surface area contributed by atoms with Crippen LogP contribution in [0.4, 0.5) is 0 Å². The van der Waals surface area contributed by atoms with Crippen molar-refractivity contribution in [3.63, 3.8) is 0 Å². The Morgan fingerprint density at radius 2 is 1.94 bits per heavy atom. The van der Waals surface area contributed by atoms with Gasteiger partial charge in [0, 0.05) is 20.1 Å². The van der Waals surface area contributed by atoms with Crippen LogP contribution in [0.5, 0.6) is 0 Å². The number of hydrogen-bond acceptors (Lipinski definition) is 3. The van der Waals surface area contributed by atoms with Crippen molar-refractivity contribution in [2.45, 2.75) is 51.0 Å². The summed E-state index contributed by atoms with van der Waals surface area (Å²) in [4.78, 5) is 22.7. The molecule has 0 radical (unpaired) electrons. The molecule has 1 unspecified atom stereocenters. The molecule has 0 aromatic carbocycles. The van der Waals surface area contributed by atoms with Crippen molar-refractivity contribution in [3.8, 4) is 0 Å². The molecule has 0 saturated heterocycles. The van der Waals surface area contributed by atoms with Crippen molar-refractivity contribution in [1.29, 1.82) is 0 Å². The highest BCUT2D eigenvalue weighted by atomic mass is 16.5. The van der Waals surface area contributed by atoms with E-state index in [0.717, 1.165) is 32.1 Å². The van der Waals surface area contributed by atoms with Crippen LogP contribution in [0.25, 0.3) is 0 Å². The molecule has 0 heterocycles. The summed E-state index contributed by atoms with van der Waals surface area (Å²) in [7, 11) is 1.57. The van der Waals surface area contributed by atoms with Crippen molar-refractivity contribution in [1.82, 2.24) is 5.32 Å². The third kappa shape index (κ3) is 3.98. The van der Waals surface area contributed by atoms with E-state index in [-0.39, 0.29) is 18.2 Å². The molecule has 0 aromatic heterocycles. The molecular weight excluding hydrogens is 234 g/mol. The zero-order valence-corrected chi connectivity index (χ0v) is 11.2. The summed E-state index contributed by atoms with van der Waals surface area (Å²) in [5.74, 6) is -0.998. The second kappa shape index (κ2) is 6.73. The summed E-state index contributed by atoms with van der Waals surface area (Å²) >= 11 is 0. The van der Waals surface area contributed by atoms with Gasteiger partial charge in [0.2, 0.25) is 0 Å². The number of ether oxygens (including phenoxy) is 1. The number of amides is 1. The predicted molar refractivity (Wildman–Crippen MR) is 67.3 cm³/mol. The van der Waals surface area contributed by atoms with E-state index in [1.165, 1.54) is 0 Å². The molecule has 104 valence electrons. The Balaban J connectivity index is 2.45. The van der Waals surface area contributed by atoms with Gasteiger partial charge in [-0.05, 0) is 18.8 Å². The first-order valence-electron chi connectivity index (χ1n) is 6.55.